The van der Waals surface area contributed by atoms with Crippen LogP contribution in [-0.2, 0) is 17.6 Å². The molecule has 5 rings (SSSR count). The second-order valence-corrected chi connectivity index (χ2v) is 8.76. The number of rotatable bonds is 5. The minimum atomic E-state index is 0.0861. The van der Waals surface area contributed by atoms with Crippen LogP contribution in [0.4, 0.5) is 0 Å². The summed E-state index contributed by atoms with van der Waals surface area (Å²) in [6.07, 6.45) is 7.65. The molecule has 31 heavy (non-hydrogen) atoms. The van der Waals surface area contributed by atoms with Gasteiger partial charge in [-0.15, -0.1) is 10.2 Å². The molecule has 1 aliphatic carbocycles. The fourth-order valence-corrected chi connectivity index (χ4v) is 5.02. The van der Waals surface area contributed by atoms with Crippen LogP contribution in [0.25, 0.3) is 5.69 Å². The summed E-state index contributed by atoms with van der Waals surface area (Å²) in [6, 6.07) is 11.9. The van der Waals surface area contributed by atoms with E-state index in [1.54, 1.807) is 6.20 Å². The van der Waals surface area contributed by atoms with E-state index in [2.05, 4.69) is 31.9 Å². The van der Waals surface area contributed by atoms with Gasteiger partial charge in [0.25, 0.3) is 0 Å². The zero-order valence-electron chi connectivity index (χ0n) is 17.7. The Kier molecular flexibility index (Phi) is 5.92. The highest BCUT2D eigenvalue weighted by Crippen LogP contribution is 2.37. The smallest absolute Gasteiger partial charge is 0.213 e. The quantitative estimate of drug-likeness (QED) is 0.565. The number of benzene rings is 1. The summed E-state index contributed by atoms with van der Waals surface area (Å²) in [4.78, 5) is 4.29. The Bertz CT molecular complexity index is 1030. The molecular formula is C24H27ClN4O2. The molecule has 1 unspecified atom stereocenters. The lowest BCUT2D eigenvalue weighted by Gasteiger charge is -2.28. The SMILES string of the molecule is CCOC1Cc2cc(Cl)ccc2-n2c(nnc2C2CCC(Oc3ccccn3)CC2)C1. The first kappa shape index (κ1) is 20.5. The summed E-state index contributed by atoms with van der Waals surface area (Å²) in [7, 11) is 0. The van der Waals surface area contributed by atoms with Gasteiger partial charge in [0.1, 0.15) is 17.8 Å². The number of ether oxygens (including phenoxy) is 2. The van der Waals surface area contributed by atoms with E-state index in [1.807, 2.05) is 31.2 Å². The number of aromatic nitrogens is 4. The van der Waals surface area contributed by atoms with Gasteiger partial charge in [0, 0.05) is 42.7 Å². The monoisotopic (exact) mass is 438 g/mol. The van der Waals surface area contributed by atoms with Crippen LogP contribution in [0.15, 0.2) is 42.6 Å². The van der Waals surface area contributed by atoms with Crippen LogP contribution < -0.4 is 4.74 Å². The molecule has 7 heteroatoms. The molecule has 0 amide bonds. The highest BCUT2D eigenvalue weighted by Gasteiger charge is 2.31. The van der Waals surface area contributed by atoms with E-state index in [0.29, 0.717) is 18.4 Å². The molecule has 0 spiro atoms. The minimum absolute atomic E-state index is 0.0861. The molecule has 1 aliphatic heterocycles. The van der Waals surface area contributed by atoms with Gasteiger partial charge >= 0.3 is 0 Å². The fourth-order valence-electron chi connectivity index (χ4n) is 4.83. The van der Waals surface area contributed by atoms with Gasteiger partial charge in [-0.2, -0.15) is 0 Å². The summed E-state index contributed by atoms with van der Waals surface area (Å²) < 4.78 is 14.3. The molecule has 6 nitrogen and oxygen atoms in total. The first-order chi connectivity index (χ1) is 15.2. The Morgan fingerprint density at radius 2 is 1.90 bits per heavy atom. The summed E-state index contributed by atoms with van der Waals surface area (Å²) >= 11 is 6.33. The first-order valence-electron chi connectivity index (χ1n) is 11.1. The van der Waals surface area contributed by atoms with E-state index in [-0.39, 0.29) is 12.2 Å². The summed E-state index contributed by atoms with van der Waals surface area (Å²) in [5.41, 5.74) is 2.33. The van der Waals surface area contributed by atoms with Crippen molar-refractivity contribution in [2.75, 3.05) is 6.61 Å². The molecule has 0 radical (unpaired) electrons. The van der Waals surface area contributed by atoms with E-state index in [9.17, 15) is 0 Å². The lowest BCUT2D eigenvalue weighted by atomic mass is 9.86. The van der Waals surface area contributed by atoms with Gasteiger partial charge in [0.05, 0.1) is 11.8 Å². The Morgan fingerprint density at radius 3 is 2.68 bits per heavy atom. The highest BCUT2D eigenvalue weighted by atomic mass is 35.5. The maximum absolute atomic E-state index is 6.33. The molecule has 0 saturated heterocycles. The Morgan fingerprint density at radius 1 is 1.03 bits per heavy atom. The van der Waals surface area contributed by atoms with E-state index in [1.165, 1.54) is 5.56 Å². The minimum Gasteiger partial charge on any atom is -0.474 e. The third-order valence-corrected chi connectivity index (χ3v) is 6.50. The van der Waals surface area contributed by atoms with Crippen molar-refractivity contribution in [1.29, 1.82) is 0 Å². The zero-order chi connectivity index (χ0) is 21.2. The largest absolute Gasteiger partial charge is 0.474 e. The van der Waals surface area contributed by atoms with Crippen molar-refractivity contribution in [2.45, 2.75) is 63.6 Å². The number of fused-ring (bicyclic) bond motifs is 3. The van der Waals surface area contributed by atoms with E-state index >= 15 is 0 Å². The van der Waals surface area contributed by atoms with Gasteiger partial charge in [-0.05, 0) is 62.4 Å². The van der Waals surface area contributed by atoms with Crippen molar-refractivity contribution >= 4 is 11.6 Å². The molecule has 162 valence electrons. The highest BCUT2D eigenvalue weighted by molar-refractivity contribution is 6.30. The molecule has 1 atom stereocenters. The molecule has 3 heterocycles. The Balaban J connectivity index is 1.39. The van der Waals surface area contributed by atoms with Crippen molar-refractivity contribution < 1.29 is 9.47 Å². The number of nitrogens with zero attached hydrogens (tertiary/aromatic N) is 4. The lowest BCUT2D eigenvalue weighted by molar-refractivity contribution is 0.0630. The molecule has 0 bridgehead atoms. The van der Waals surface area contributed by atoms with Crippen molar-refractivity contribution in [3.05, 3.63) is 64.8 Å². The summed E-state index contributed by atoms with van der Waals surface area (Å²) in [5.74, 6) is 3.08. The van der Waals surface area contributed by atoms with Gasteiger partial charge in [0.2, 0.25) is 5.88 Å². The third kappa shape index (κ3) is 4.32. The Hall–Kier alpha value is -2.44. The zero-order valence-corrected chi connectivity index (χ0v) is 18.5. The van der Waals surface area contributed by atoms with Crippen molar-refractivity contribution in [3.8, 4) is 11.6 Å². The van der Waals surface area contributed by atoms with E-state index in [4.69, 9.17) is 21.1 Å². The normalized spacial score (nSPS) is 23.0. The summed E-state index contributed by atoms with van der Waals surface area (Å²) in [6.45, 7) is 2.72. The summed E-state index contributed by atoms with van der Waals surface area (Å²) in [5, 5.41) is 10.00. The molecule has 2 aromatic heterocycles. The molecular weight excluding hydrogens is 412 g/mol. The standard InChI is InChI=1S/C24H27ClN4O2/c1-2-30-20-14-17-13-18(25)8-11-21(17)29-22(15-20)27-28-24(29)16-6-9-19(10-7-16)31-23-5-3-4-12-26-23/h3-5,8,11-13,16,19-20H,2,6-7,9-10,14-15H2,1H3. The second-order valence-electron chi connectivity index (χ2n) is 8.33. The lowest BCUT2D eigenvalue weighted by Crippen LogP contribution is -2.25. The van der Waals surface area contributed by atoms with Crippen LogP contribution in [0.3, 0.4) is 0 Å². The van der Waals surface area contributed by atoms with Crippen LogP contribution in [0.2, 0.25) is 5.02 Å². The second kappa shape index (κ2) is 8.97. The molecule has 1 saturated carbocycles. The topological polar surface area (TPSA) is 62.1 Å². The number of halogens is 1. The number of pyridine rings is 1. The number of hydrogen-bond donors (Lipinski definition) is 0. The van der Waals surface area contributed by atoms with Crippen molar-refractivity contribution in [2.24, 2.45) is 0 Å². The van der Waals surface area contributed by atoms with Crippen LogP contribution >= 0.6 is 11.6 Å². The van der Waals surface area contributed by atoms with Gasteiger partial charge < -0.3 is 9.47 Å². The van der Waals surface area contributed by atoms with Crippen LogP contribution in [0.1, 0.15) is 55.7 Å². The third-order valence-electron chi connectivity index (χ3n) is 6.26. The van der Waals surface area contributed by atoms with Crippen LogP contribution in [0, 0.1) is 0 Å². The van der Waals surface area contributed by atoms with E-state index < -0.39 is 0 Å². The first-order valence-corrected chi connectivity index (χ1v) is 11.5. The average molecular weight is 439 g/mol. The van der Waals surface area contributed by atoms with Gasteiger partial charge in [-0.25, -0.2) is 4.98 Å². The van der Waals surface area contributed by atoms with Crippen LogP contribution in [0.5, 0.6) is 5.88 Å². The van der Waals surface area contributed by atoms with Crippen LogP contribution in [-0.4, -0.2) is 38.6 Å². The van der Waals surface area contributed by atoms with Gasteiger partial charge in [-0.1, -0.05) is 17.7 Å². The molecule has 1 fully saturated rings. The fraction of sp³-hybridized carbons (Fsp3) is 0.458. The maximum Gasteiger partial charge on any atom is 0.213 e. The predicted octanol–water partition coefficient (Wildman–Crippen LogP) is 4.92. The van der Waals surface area contributed by atoms with Crippen molar-refractivity contribution in [3.63, 3.8) is 0 Å². The molecule has 3 aromatic rings. The van der Waals surface area contributed by atoms with Crippen molar-refractivity contribution in [1.82, 2.24) is 19.7 Å². The predicted molar refractivity (Wildman–Crippen MR) is 119 cm³/mol. The molecule has 0 N–H and O–H groups in total. The Labute approximate surface area is 187 Å². The van der Waals surface area contributed by atoms with Gasteiger partial charge in [0.15, 0.2) is 0 Å². The maximum atomic E-state index is 6.33. The number of hydrogen-bond acceptors (Lipinski definition) is 5. The van der Waals surface area contributed by atoms with Gasteiger partial charge in [-0.3, -0.25) is 4.57 Å². The molecule has 2 aliphatic rings. The van der Waals surface area contributed by atoms with E-state index in [0.717, 1.165) is 60.9 Å². The molecule has 1 aromatic carbocycles. The average Bonchev–Trinajstić information content (AvgIpc) is 3.12.